The van der Waals surface area contributed by atoms with Gasteiger partial charge in [-0.2, -0.15) is 10.2 Å². The highest BCUT2D eigenvalue weighted by atomic mass is 16.3. The number of rotatable bonds is 5. The summed E-state index contributed by atoms with van der Waals surface area (Å²) in [7, 11) is 1.66. The van der Waals surface area contributed by atoms with E-state index in [9.17, 15) is 9.59 Å². The number of fused-ring (bicyclic) bond motifs is 1. The standard InChI is InChI=1S/C17H15N7O3/c1-23-10-13(15(22-23)17(26)19-9-11-4-2-7-27-11)20-16(25)12-8-14-18-5-3-6-24(14)21-12/h2-8,10H,9H2,1H3,(H,19,26)(H,20,25). The number of aryl methyl sites for hydroxylation is 1. The number of hydrogen-bond acceptors (Lipinski definition) is 6. The van der Waals surface area contributed by atoms with Crippen molar-refractivity contribution in [1.29, 1.82) is 0 Å². The number of hydrogen-bond donors (Lipinski definition) is 2. The number of aromatic nitrogens is 5. The van der Waals surface area contributed by atoms with Crippen LogP contribution in [-0.4, -0.2) is 36.2 Å². The molecule has 0 atom stereocenters. The predicted octanol–water partition coefficient (Wildman–Crippen LogP) is 1.24. The summed E-state index contributed by atoms with van der Waals surface area (Å²) in [5, 5.41) is 13.7. The van der Waals surface area contributed by atoms with Gasteiger partial charge in [0.05, 0.1) is 18.5 Å². The minimum Gasteiger partial charge on any atom is -0.467 e. The first-order valence-corrected chi connectivity index (χ1v) is 8.06. The van der Waals surface area contributed by atoms with Crippen molar-refractivity contribution < 1.29 is 14.0 Å². The molecule has 0 aromatic carbocycles. The zero-order valence-corrected chi connectivity index (χ0v) is 14.3. The largest absolute Gasteiger partial charge is 0.467 e. The maximum atomic E-state index is 12.5. The lowest BCUT2D eigenvalue weighted by molar-refractivity contribution is 0.0943. The lowest BCUT2D eigenvalue weighted by Gasteiger charge is -2.04. The molecule has 4 heterocycles. The van der Waals surface area contributed by atoms with Gasteiger partial charge in [-0.3, -0.25) is 14.3 Å². The number of anilines is 1. The van der Waals surface area contributed by atoms with Gasteiger partial charge in [-0.15, -0.1) is 0 Å². The Bertz CT molecular complexity index is 1080. The lowest BCUT2D eigenvalue weighted by Crippen LogP contribution is -2.25. The van der Waals surface area contributed by atoms with E-state index < -0.39 is 11.8 Å². The smallest absolute Gasteiger partial charge is 0.276 e. The van der Waals surface area contributed by atoms with Crippen LogP contribution in [0.3, 0.4) is 0 Å². The SMILES string of the molecule is Cn1cc(NC(=O)c2cc3ncccn3n2)c(C(=O)NCc2ccco2)n1. The fourth-order valence-corrected chi connectivity index (χ4v) is 2.54. The van der Waals surface area contributed by atoms with Gasteiger partial charge >= 0.3 is 0 Å². The first-order valence-electron chi connectivity index (χ1n) is 8.06. The third-order valence-corrected chi connectivity index (χ3v) is 3.76. The Hall–Kier alpha value is -3.95. The van der Waals surface area contributed by atoms with Crippen LogP contribution >= 0.6 is 0 Å². The fraction of sp³-hybridized carbons (Fsp3) is 0.118. The second-order valence-corrected chi connectivity index (χ2v) is 5.73. The summed E-state index contributed by atoms with van der Waals surface area (Å²) >= 11 is 0. The maximum absolute atomic E-state index is 12.5. The molecule has 136 valence electrons. The van der Waals surface area contributed by atoms with Gasteiger partial charge in [0, 0.05) is 31.7 Å². The van der Waals surface area contributed by atoms with E-state index >= 15 is 0 Å². The van der Waals surface area contributed by atoms with Crippen molar-refractivity contribution in [2.24, 2.45) is 7.05 Å². The van der Waals surface area contributed by atoms with Crippen molar-refractivity contribution in [1.82, 2.24) is 29.7 Å². The van der Waals surface area contributed by atoms with Gasteiger partial charge in [0.15, 0.2) is 17.0 Å². The molecule has 2 N–H and O–H groups in total. The van der Waals surface area contributed by atoms with Crippen molar-refractivity contribution in [2.45, 2.75) is 6.54 Å². The van der Waals surface area contributed by atoms with Gasteiger partial charge in [0.2, 0.25) is 0 Å². The fourth-order valence-electron chi connectivity index (χ4n) is 2.54. The molecule has 10 nitrogen and oxygen atoms in total. The molecule has 0 spiro atoms. The Morgan fingerprint density at radius 3 is 2.89 bits per heavy atom. The zero-order valence-electron chi connectivity index (χ0n) is 14.3. The van der Waals surface area contributed by atoms with Gasteiger partial charge in [-0.1, -0.05) is 0 Å². The Balaban J connectivity index is 1.51. The molecule has 0 radical (unpaired) electrons. The van der Waals surface area contributed by atoms with E-state index in [1.165, 1.54) is 15.5 Å². The molecule has 4 aromatic rings. The quantitative estimate of drug-likeness (QED) is 0.549. The topological polar surface area (TPSA) is 119 Å². The third-order valence-electron chi connectivity index (χ3n) is 3.76. The molecule has 2 amide bonds. The minimum atomic E-state index is -0.464. The average molecular weight is 365 g/mol. The van der Waals surface area contributed by atoms with Crippen LogP contribution in [-0.2, 0) is 13.6 Å². The molecule has 0 saturated carbocycles. The van der Waals surface area contributed by atoms with Crippen LogP contribution < -0.4 is 10.6 Å². The Labute approximate surface area is 152 Å². The molecule has 27 heavy (non-hydrogen) atoms. The first kappa shape index (κ1) is 16.5. The lowest BCUT2D eigenvalue weighted by atomic mass is 10.3. The summed E-state index contributed by atoms with van der Waals surface area (Å²) in [5.74, 6) is -0.283. The second kappa shape index (κ2) is 6.75. The highest BCUT2D eigenvalue weighted by molar-refractivity contribution is 6.07. The normalized spacial score (nSPS) is 10.9. The van der Waals surface area contributed by atoms with Crippen molar-refractivity contribution in [2.75, 3.05) is 5.32 Å². The van der Waals surface area contributed by atoms with Crippen molar-refractivity contribution in [3.05, 3.63) is 66.3 Å². The molecule has 0 bridgehead atoms. The van der Waals surface area contributed by atoms with Gasteiger partial charge in [0.1, 0.15) is 5.76 Å². The number of amides is 2. The van der Waals surface area contributed by atoms with E-state index in [0.717, 1.165) is 0 Å². The van der Waals surface area contributed by atoms with Gasteiger partial charge in [0.25, 0.3) is 11.8 Å². The molecule has 10 heteroatoms. The molecule has 4 aromatic heterocycles. The summed E-state index contributed by atoms with van der Waals surface area (Å²) in [6.45, 7) is 0.216. The molecule has 0 aliphatic rings. The maximum Gasteiger partial charge on any atom is 0.276 e. The monoisotopic (exact) mass is 365 g/mol. The van der Waals surface area contributed by atoms with Gasteiger partial charge < -0.3 is 15.1 Å². The number of nitrogens with one attached hydrogen (secondary N) is 2. The number of carbonyl (C=O) groups excluding carboxylic acids is 2. The summed E-state index contributed by atoms with van der Waals surface area (Å²) in [6.07, 6.45) is 6.38. The third kappa shape index (κ3) is 3.40. The van der Waals surface area contributed by atoms with Crippen LogP contribution in [0.1, 0.15) is 26.7 Å². The summed E-state index contributed by atoms with van der Waals surface area (Å²) in [5.41, 5.74) is 1.11. The van der Waals surface area contributed by atoms with E-state index in [1.54, 1.807) is 49.9 Å². The van der Waals surface area contributed by atoms with Crippen LogP contribution in [0, 0.1) is 0 Å². The number of furan rings is 1. The molecule has 0 aliphatic heterocycles. The van der Waals surface area contributed by atoms with E-state index in [-0.39, 0.29) is 23.6 Å². The summed E-state index contributed by atoms with van der Waals surface area (Å²) in [4.78, 5) is 29.1. The van der Waals surface area contributed by atoms with Crippen LogP contribution in [0.5, 0.6) is 0 Å². The summed E-state index contributed by atoms with van der Waals surface area (Å²) < 4.78 is 8.12. The van der Waals surface area contributed by atoms with Crippen LogP contribution in [0.2, 0.25) is 0 Å². The number of carbonyl (C=O) groups is 2. The van der Waals surface area contributed by atoms with E-state index in [0.29, 0.717) is 11.4 Å². The van der Waals surface area contributed by atoms with Crippen molar-refractivity contribution in [3.63, 3.8) is 0 Å². The van der Waals surface area contributed by atoms with Crippen LogP contribution in [0.25, 0.3) is 5.65 Å². The van der Waals surface area contributed by atoms with Gasteiger partial charge in [-0.05, 0) is 18.2 Å². The van der Waals surface area contributed by atoms with E-state index in [1.807, 2.05) is 0 Å². The number of nitrogens with zero attached hydrogens (tertiary/aromatic N) is 5. The van der Waals surface area contributed by atoms with E-state index in [4.69, 9.17) is 4.42 Å². The Morgan fingerprint density at radius 2 is 2.11 bits per heavy atom. The predicted molar refractivity (Wildman–Crippen MR) is 94.0 cm³/mol. The molecule has 0 fully saturated rings. The second-order valence-electron chi connectivity index (χ2n) is 5.73. The van der Waals surface area contributed by atoms with E-state index in [2.05, 4.69) is 25.8 Å². The van der Waals surface area contributed by atoms with Crippen molar-refractivity contribution in [3.8, 4) is 0 Å². The Kier molecular flexibility index (Phi) is 4.13. The molecular weight excluding hydrogens is 350 g/mol. The molecule has 0 unspecified atom stereocenters. The highest BCUT2D eigenvalue weighted by Gasteiger charge is 2.20. The first-order chi connectivity index (χ1) is 13.1. The minimum absolute atomic E-state index is 0.0966. The molecule has 0 saturated heterocycles. The van der Waals surface area contributed by atoms with Crippen molar-refractivity contribution >= 4 is 23.1 Å². The van der Waals surface area contributed by atoms with Gasteiger partial charge in [-0.25, -0.2) is 9.50 Å². The zero-order chi connectivity index (χ0) is 18.8. The van der Waals surface area contributed by atoms with Crippen LogP contribution in [0.15, 0.2) is 53.5 Å². The average Bonchev–Trinajstić information content (AvgIpc) is 3.39. The van der Waals surface area contributed by atoms with Crippen LogP contribution in [0.4, 0.5) is 5.69 Å². The molecule has 0 aliphatic carbocycles. The highest BCUT2D eigenvalue weighted by Crippen LogP contribution is 2.15. The summed E-state index contributed by atoms with van der Waals surface area (Å²) in [6, 6.07) is 6.75. The Morgan fingerprint density at radius 1 is 1.22 bits per heavy atom. The molecule has 4 rings (SSSR count). The molecular formula is C17H15N7O3.